The second kappa shape index (κ2) is 6.26. The topological polar surface area (TPSA) is 78.4 Å². The summed E-state index contributed by atoms with van der Waals surface area (Å²) in [6.07, 6.45) is 2.67. The first-order valence-corrected chi connectivity index (χ1v) is 7.34. The Kier molecular flexibility index (Phi) is 4.63. The number of rotatable bonds is 5. The van der Waals surface area contributed by atoms with Crippen molar-refractivity contribution in [3.8, 4) is 0 Å². The van der Waals surface area contributed by atoms with Crippen LogP contribution in [0.15, 0.2) is 18.2 Å². The largest absolute Gasteiger partial charge is 0.478 e. The highest BCUT2D eigenvalue weighted by molar-refractivity contribution is 5.97. The van der Waals surface area contributed by atoms with Crippen molar-refractivity contribution < 1.29 is 14.7 Å². The van der Waals surface area contributed by atoms with Crippen LogP contribution in [0, 0.1) is 12.3 Å². The van der Waals surface area contributed by atoms with Crippen molar-refractivity contribution in [3.05, 3.63) is 29.3 Å². The molecule has 1 atom stereocenters. The van der Waals surface area contributed by atoms with Gasteiger partial charge in [0.2, 0.25) is 5.91 Å². The average molecular weight is 290 g/mol. The van der Waals surface area contributed by atoms with Crippen LogP contribution in [-0.2, 0) is 4.79 Å². The summed E-state index contributed by atoms with van der Waals surface area (Å²) in [6, 6.07) is 4.90. The van der Waals surface area contributed by atoms with Gasteiger partial charge >= 0.3 is 5.97 Å². The molecule has 1 aromatic rings. The Balaban J connectivity index is 2.15. The minimum atomic E-state index is -0.951. The number of carboxylic acid groups (broad SMARTS) is 1. The first kappa shape index (κ1) is 15.5. The Morgan fingerprint density at radius 1 is 1.43 bits per heavy atom. The molecule has 5 heteroatoms. The molecule has 0 aromatic heterocycles. The number of hydrogen-bond donors (Lipinski definition) is 3. The molecule has 3 N–H and O–H groups in total. The maximum Gasteiger partial charge on any atom is 0.335 e. The summed E-state index contributed by atoms with van der Waals surface area (Å²) in [6.45, 7) is 5.39. The molecular formula is C16H22N2O3. The molecule has 1 heterocycles. The SMILES string of the molecule is CCCC1(C(=O)Nc2ccc(C(=O)O)c(C)c2)CCNC1. The Hall–Kier alpha value is -1.88. The summed E-state index contributed by atoms with van der Waals surface area (Å²) < 4.78 is 0. The van der Waals surface area contributed by atoms with Gasteiger partial charge in [-0.25, -0.2) is 4.79 Å². The van der Waals surface area contributed by atoms with Gasteiger partial charge in [0.1, 0.15) is 0 Å². The summed E-state index contributed by atoms with van der Waals surface area (Å²) in [5.41, 5.74) is 1.23. The van der Waals surface area contributed by atoms with E-state index in [1.54, 1.807) is 19.1 Å². The van der Waals surface area contributed by atoms with Crippen LogP contribution in [0.5, 0.6) is 0 Å². The van der Waals surface area contributed by atoms with E-state index in [-0.39, 0.29) is 16.9 Å². The number of aryl methyl sites for hydroxylation is 1. The van der Waals surface area contributed by atoms with Crippen molar-refractivity contribution in [2.75, 3.05) is 18.4 Å². The van der Waals surface area contributed by atoms with Gasteiger partial charge in [-0.3, -0.25) is 4.79 Å². The normalized spacial score (nSPS) is 21.2. The summed E-state index contributed by atoms with van der Waals surface area (Å²) in [4.78, 5) is 23.6. The second-order valence-corrected chi connectivity index (χ2v) is 5.75. The van der Waals surface area contributed by atoms with Crippen LogP contribution in [0.25, 0.3) is 0 Å². The number of carbonyl (C=O) groups excluding carboxylic acids is 1. The smallest absolute Gasteiger partial charge is 0.335 e. The highest BCUT2D eigenvalue weighted by Crippen LogP contribution is 2.32. The first-order chi connectivity index (χ1) is 9.98. The third-order valence-electron chi connectivity index (χ3n) is 4.17. The average Bonchev–Trinajstić information content (AvgIpc) is 2.88. The van der Waals surface area contributed by atoms with Gasteiger partial charge in [-0.1, -0.05) is 13.3 Å². The van der Waals surface area contributed by atoms with Gasteiger partial charge in [0.25, 0.3) is 0 Å². The van der Waals surface area contributed by atoms with Crippen molar-refractivity contribution in [1.82, 2.24) is 5.32 Å². The van der Waals surface area contributed by atoms with Crippen molar-refractivity contribution >= 4 is 17.6 Å². The van der Waals surface area contributed by atoms with E-state index in [1.807, 2.05) is 0 Å². The monoisotopic (exact) mass is 290 g/mol. The number of amides is 1. The van der Waals surface area contributed by atoms with Crippen LogP contribution < -0.4 is 10.6 Å². The first-order valence-electron chi connectivity index (χ1n) is 7.34. The van der Waals surface area contributed by atoms with Gasteiger partial charge in [0, 0.05) is 12.2 Å². The number of carboxylic acids is 1. The van der Waals surface area contributed by atoms with Gasteiger partial charge in [0.05, 0.1) is 11.0 Å². The molecule has 0 spiro atoms. The van der Waals surface area contributed by atoms with E-state index < -0.39 is 5.97 Å². The van der Waals surface area contributed by atoms with Crippen molar-refractivity contribution in [2.24, 2.45) is 5.41 Å². The van der Waals surface area contributed by atoms with Gasteiger partial charge < -0.3 is 15.7 Å². The molecule has 0 aliphatic carbocycles. The number of benzene rings is 1. The zero-order valence-corrected chi connectivity index (χ0v) is 12.5. The summed E-state index contributed by atoms with van der Waals surface area (Å²) in [5.74, 6) is -0.926. The molecule has 0 radical (unpaired) electrons. The van der Waals surface area contributed by atoms with Crippen molar-refractivity contribution in [2.45, 2.75) is 33.1 Å². The number of anilines is 1. The van der Waals surface area contributed by atoms with E-state index in [9.17, 15) is 9.59 Å². The Morgan fingerprint density at radius 2 is 2.19 bits per heavy atom. The van der Waals surface area contributed by atoms with Crippen molar-refractivity contribution in [3.63, 3.8) is 0 Å². The fourth-order valence-corrected chi connectivity index (χ4v) is 2.99. The molecule has 0 saturated carbocycles. The zero-order valence-electron chi connectivity index (χ0n) is 12.5. The third kappa shape index (κ3) is 3.24. The van der Waals surface area contributed by atoms with E-state index in [4.69, 9.17) is 5.11 Å². The molecule has 2 rings (SSSR count). The predicted octanol–water partition coefficient (Wildman–Crippen LogP) is 2.41. The Bertz CT molecular complexity index is 548. The molecule has 5 nitrogen and oxygen atoms in total. The number of carbonyl (C=O) groups is 2. The molecule has 1 aliphatic heterocycles. The van der Waals surface area contributed by atoms with Crippen LogP contribution in [0.1, 0.15) is 42.1 Å². The van der Waals surface area contributed by atoms with Gasteiger partial charge in [-0.05, 0) is 50.1 Å². The van der Waals surface area contributed by atoms with Crippen molar-refractivity contribution in [1.29, 1.82) is 0 Å². The molecule has 1 aromatic carbocycles. The molecule has 21 heavy (non-hydrogen) atoms. The Labute approximate surface area is 124 Å². The Morgan fingerprint density at radius 3 is 2.71 bits per heavy atom. The van der Waals surface area contributed by atoms with E-state index in [0.29, 0.717) is 17.8 Å². The standard InChI is InChI=1S/C16H22N2O3/c1-3-6-16(7-8-17-10-16)15(21)18-12-4-5-13(14(19)20)11(2)9-12/h4-5,9,17H,3,6-8,10H2,1-2H3,(H,18,21)(H,19,20). The van der Waals surface area contributed by atoms with Gasteiger partial charge in [-0.2, -0.15) is 0 Å². The fraction of sp³-hybridized carbons (Fsp3) is 0.500. The van der Waals surface area contributed by atoms with E-state index in [0.717, 1.165) is 25.8 Å². The molecular weight excluding hydrogens is 268 g/mol. The number of nitrogens with one attached hydrogen (secondary N) is 2. The highest BCUT2D eigenvalue weighted by Gasteiger charge is 2.40. The molecule has 1 unspecified atom stereocenters. The molecule has 1 saturated heterocycles. The lowest BCUT2D eigenvalue weighted by Crippen LogP contribution is -2.38. The molecule has 0 bridgehead atoms. The third-order valence-corrected chi connectivity index (χ3v) is 4.17. The number of hydrogen-bond acceptors (Lipinski definition) is 3. The summed E-state index contributed by atoms with van der Waals surface area (Å²) in [7, 11) is 0. The zero-order chi connectivity index (χ0) is 15.5. The second-order valence-electron chi connectivity index (χ2n) is 5.75. The summed E-state index contributed by atoms with van der Waals surface area (Å²) >= 11 is 0. The molecule has 1 fully saturated rings. The maximum atomic E-state index is 12.6. The number of aromatic carboxylic acids is 1. The predicted molar refractivity (Wildman–Crippen MR) is 81.6 cm³/mol. The lowest BCUT2D eigenvalue weighted by atomic mass is 9.81. The lowest BCUT2D eigenvalue weighted by molar-refractivity contribution is -0.125. The molecule has 114 valence electrons. The minimum absolute atomic E-state index is 0.0248. The van der Waals surface area contributed by atoms with Crippen LogP contribution in [0.3, 0.4) is 0 Å². The quantitative estimate of drug-likeness (QED) is 0.778. The van der Waals surface area contributed by atoms with Gasteiger partial charge in [-0.15, -0.1) is 0 Å². The molecule has 1 aliphatic rings. The van der Waals surface area contributed by atoms with Gasteiger partial charge in [0.15, 0.2) is 0 Å². The van der Waals surface area contributed by atoms with Crippen LogP contribution in [0.4, 0.5) is 5.69 Å². The van der Waals surface area contributed by atoms with Crippen LogP contribution >= 0.6 is 0 Å². The highest BCUT2D eigenvalue weighted by atomic mass is 16.4. The van der Waals surface area contributed by atoms with E-state index in [1.165, 1.54) is 6.07 Å². The fourth-order valence-electron chi connectivity index (χ4n) is 2.99. The van der Waals surface area contributed by atoms with E-state index in [2.05, 4.69) is 17.6 Å². The minimum Gasteiger partial charge on any atom is -0.478 e. The lowest BCUT2D eigenvalue weighted by Gasteiger charge is -2.26. The summed E-state index contributed by atoms with van der Waals surface area (Å²) in [5, 5.41) is 15.2. The van der Waals surface area contributed by atoms with Crippen LogP contribution in [-0.4, -0.2) is 30.1 Å². The van der Waals surface area contributed by atoms with E-state index >= 15 is 0 Å². The maximum absolute atomic E-state index is 12.6. The molecule has 1 amide bonds. The van der Waals surface area contributed by atoms with Crippen LogP contribution in [0.2, 0.25) is 0 Å².